The Morgan fingerprint density at radius 2 is 1.25 bits per heavy atom. The van der Waals surface area contributed by atoms with Gasteiger partial charge in [-0.05, 0) is 51.1 Å². The molecule has 0 amide bonds. The highest BCUT2D eigenvalue weighted by Crippen LogP contribution is 2.56. The minimum atomic E-state index is -0.930. The number of fused-ring (bicyclic) bond motifs is 3. The summed E-state index contributed by atoms with van der Waals surface area (Å²) < 4.78 is 34.9. The molecule has 32 heavy (non-hydrogen) atoms. The van der Waals surface area contributed by atoms with Crippen LogP contribution in [-0.4, -0.2) is 0 Å². The van der Waals surface area contributed by atoms with Crippen LogP contribution in [0.4, 0.5) is 0 Å². The van der Waals surface area contributed by atoms with E-state index in [-0.39, 0.29) is 24.2 Å². The SMILES string of the molecule is [2H]c1c([2H])c([2H])c2c(c1[2H])-c1ccccc1C2(c1ccccc1)c1cccc(-c2ccccc2Cl)c1. The lowest BCUT2D eigenvalue weighted by molar-refractivity contribution is 0.769. The van der Waals surface area contributed by atoms with Crippen molar-refractivity contribution in [3.63, 3.8) is 0 Å². The number of halogens is 1. The van der Waals surface area contributed by atoms with Gasteiger partial charge in [0.25, 0.3) is 0 Å². The lowest BCUT2D eigenvalue weighted by atomic mass is 9.67. The van der Waals surface area contributed by atoms with Crippen molar-refractivity contribution in [1.29, 1.82) is 0 Å². The fourth-order valence-corrected chi connectivity index (χ4v) is 5.27. The standard InChI is InChI=1S/C31H21Cl/c32-30-20-9-6-15-25(30)22-11-10-14-24(21-22)31(23-12-2-1-3-13-23)28-18-7-4-16-26(28)27-17-5-8-19-29(27)31/h1-21H/i4D,7D,16D,18D. The zero-order valence-corrected chi connectivity index (χ0v) is 17.9. The fraction of sp³-hybridized carbons (Fsp3) is 0.0323. The predicted octanol–water partition coefficient (Wildman–Crippen LogP) is 8.37. The van der Waals surface area contributed by atoms with E-state index in [9.17, 15) is 0 Å². The summed E-state index contributed by atoms with van der Waals surface area (Å²) in [6.45, 7) is 0. The second-order valence-electron chi connectivity index (χ2n) is 7.97. The van der Waals surface area contributed by atoms with Crippen LogP contribution in [0.25, 0.3) is 22.3 Å². The number of hydrogen-bond acceptors (Lipinski definition) is 0. The van der Waals surface area contributed by atoms with Crippen molar-refractivity contribution >= 4 is 11.6 Å². The molecule has 0 heterocycles. The van der Waals surface area contributed by atoms with Crippen molar-refractivity contribution in [3.05, 3.63) is 155 Å². The zero-order valence-electron chi connectivity index (χ0n) is 21.2. The zero-order chi connectivity index (χ0) is 25.0. The fourth-order valence-electron chi connectivity index (χ4n) is 5.03. The van der Waals surface area contributed by atoms with E-state index in [0.29, 0.717) is 16.1 Å². The molecule has 5 aromatic carbocycles. The van der Waals surface area contributed by atoms with Gasteiger partial charge in [0, 0.05) is 10.6 Å². The molecule has 152 valence electrons. The van der Waals surface area contributed by atoms with Crippen LogP contribution in [-0.2, 0) is 5.41 Å². The van der Waals surface area contributed by atoms with E-state index < -0.39 is 5.41 Å². The molecule has 1 heteroatoms. The molecule has 0 spiro atoms. The molecular weight excluding hydrogens is 408 g/mol. The summed E-state index contributed by atoms with van der Waals surface area (Å²) in [5, 5.41) is 0.651. The lowest BCUT2D eigenvalue weighted by Crippen LogP contribution is -2.28. The van der Waals surface area contributed by atoms with E-state index in [2.05, 4.69) is 6.07 Å². The Kier molecular flexibility index (Phi) is 3.58. The van der Waals surface area contributed by atoms with Crippen molar-refractivity contribution in [2.45, 2.75) is 5.41 Å². The highest BCUT2D eigenvalue weighted by atomic mass is 35.5. The van der Waals surface area contributed by atoms with Gasteiger partial charge in [-0.1, -0.05) is 127 Å². The average Bonchev–Trinajstić information content (AvgIpc) is 3.24. The van der Waals surface area contributed by atoms with Gasteiger partial charge < -0.3 is 0 Å². The summed E-state index contributed by atoms with van der Waals surface area (Å²) in [7, 11) is 0. The molecule has 0 nitrogen and oxygen atoms in total. The monoisotopic (exact) mass is 432 g/mol. The molecule has 0 bridgehead atoms. The third-order valence-corrected chi connectivity index (χ3v) is 6.68. The Morgan fingerprint density at radius 1 is 0.562 bits per heavy atom. The average molecular weight is 433 g/mol. The molecule has 0 aromatic heterocycles. The van der Waals surface area contributed by atoms with Gasteiger partial charge in [0.05, 0.1) is 10.9 Å². The van der Waals surface area contributed by atoms with Crippen LogP contribution in [0.3, 0.4) is 0 Å². The second kappa shape index (κ2) is 7.51. The van der Waals surface area contributed by atoms with Gasteiger partial charge in [-0.2, -0.15) is 0 Å². The van der Waals surface area contributed by atoms with E-state index in [0.717, 1.165) is 33.4 Å². The van der Waals surface area contributed by atoms with E-state index in [4.69, 9.17) is 17.1 Å². The van der Waals surface area contributed by atoms with E-state index in [1.165, 1.54) is 0 Å². The topological polar surface area (TPSA) is 0 Å². The second-order valence-corrected chi connectivity index (χ2v) is 8.38. The van der Waals surface area contributed by atoms with Crippen molar-refractivity contribution in [2.24, 2.45) is 0 Å². The van der Waals surface area contributed by atoms with Gasteiger partial charge >= 0.3 is 0 Å². The number of rotatable bonds is 3. The largest absolute Gasteiger partial charge is 0.0837 e. The molecule has 0 radical (unpaired) electrons. The summed E-state index contributed by atoms with van der Waals surface area (Å²) in [5.74, 6) is 0. The Morgan fingerprint density at radius 3 is 2.09 bits per heavy atom. The molecule has 1 aliphatic rings. The Bertz CT molecular complexity index is 1640. The summed E-state index contributed by atoms with van der Waals surface area (Å²) in [4.78, 5) is 0. The molecule has 0 fully saturated rings. The Balaban J connectivity index is 1.80. The number of benzene rings is 5. The van der Waals surface area contributed by atoms with Crippen molar-refractivity contribution in [2.75, 3.05) is 0 Å². The minimum Gasteiger partial charge on any atom is -0.0837 e. The highest BCUT2D eigenvalue weighted by Gasteiger charge is 2.45. The first kappa shape index (κ1) is 15.2. The summed E-state index contributed by atoms with van der Waals surface area (Å²) >= 11 is 6.57. The molecular formula is C31H21Cl. The van der Waals surface area contributed by atoms with Gasteiger partial charge in [-0.25, -0.2) is 0 Å². The van der Waals surface area contributed by atoms with Crippen molar-refractivity contribution in [1.82, 2.24) is 0 Å². The maximum atomic E-state index is 9.08. The molecule has 0 N–H and O–H groups in total. The first-order valence-electron chi connectivity index (χ1n) is 12.6. The van der Waals surface area contributed by atoms with Crippen LogP contribution in [0.1, 0.15) is 27.7 Å². The normalized spacial score (nSPS) is 18.2. The van der Waals surface area contributed by atoms with E-state index in [1.54, 1.807) is 0 Å². The van der Waals surface area contributed by atoms with Crippen LogP contribution in [0.5, 0.6) is 0 Å². The minimum absolute atomic E-state index is 0.0153. The highest BCUT2D eigenvalue weighted by molar-refractivity contribution is 6.33. The van der Waals surface area contributed by atoms with Crippen LogP contribution in [0, 0.1) is 0 Å². The first-order valence-corrected chi connectivity index (χ1v) is 11.0. The molecule has 0 saturated heterocycles. The summed E-state index contributed by atoms with van der Waals surface area (Å²) in [6, 6.07) is 33.2. The Labute approximate surface area is 199 Å². The van der Waals surface area contributed by atoms with Gasteiger partial charge in [0.2, 0.25) is 0 Å². The van der Waals surface area contributed by atoms with Gasteiger partial charge in [-0.15, -0.1) is 0 Å². The maximum absolute atomic E-state index is 9.08. The lowest BCUT2D eigenvalue weighted by Gasteiger charge is -2.34. The summed E-state index contributed by atoms with van der Waals surface area (Å²) in [5.41, 5.74) is 5.69. The van der Waals surface area contributed by atoms with Crippen LogP contribution in [0.15, 0.2) is 127 Å². The van der Waals surface area contributed by atoms with Crippen LogP contribution in [0.2, 0.25) is 5.02 Å². The molecule has 1 unspecified atom stereocenters. The van der Waals surface area contributed by atoms with Crippen molar-refractivity contribution < 1.29 is 5.48 Å². The predicted molar refractivity (Wildman–Crippen MR) is 134 cm³/mol. The smallest absolute Gasteiger partial charge is 0.0713 e. The van der Waals surface area contributed by atoms with E-state index in [1.807, 2.05) is 97.1 Å². The third kappa shape index (κ3) is 2.70. The maximum Gasteiger partial charge on any atom is 0.0713 e. The van der Waals surface area contributed by atoms with Crippen molar-refractivity contribution in [3.8, 4) is 22.3 Å². The van der Waals surface area contributed by atoms with Gasteiger partial charge in [0.15, 0.2) is 0 Å². The molecule has 5 aromatic rings. The van der Waals surface area contributed by atoms with Gasteiger partial charge in [-0.3, -0.25) is 0 Å². The van der Waals surface area contributed by atoms with Gasteiger partial charge in [0.1, 0.15) is 0 Å². The number of hydrogen-bond donors (Lipinski definition) is 0. The Hall–Kier alpha value is -3.61. The van der Waals surface area contributed by atoms with Crippen LogP contribution >= 0.6 is 11.6 Å². The quantitative estimate of drug-likeness (QED) is 0.263. The molecule has 1 aliphatic carbocycles. The molecule has 0 saturated carbocycles. The van der Waals surface area contributed by atoms with Crippen LogP contribution < -0.4 is 0 Å². The molecule has 1 atom stereocenters. The third-order valence-electron chi connectivity index (χ3n) is 6.35. The molecule has 0 aliphatic heterocycles. The molecule has 6 rings (SSSR count). The first-order chi connectivity index (χ1) is 17.5. The van der Waals surface area contributed by atoms with E-state index >= 15 is 0 Å². The summed E-state index contributed by atoms with van der Waals surface area (Å²) in [6.07, 6.45) is 0.